The monoisotopic (exact) mass is 210 g/mol. The Balaban J connectivity index is 1.76. The molecule has 2 rings (SSSR count). The Hall–Kier alpha value is -1.50. The minimum atomic E-state index is -0.0454. The molecule has 15 heavy (non-hydrogen) atoms. The Morgan fingerprint density at radius 3 is 3.27 bits per heavy atom. The number of carbonyl (C=O) groups excluding carboxylic acids is 1. The Bertz CT molecular complexity index is 305. The molecule has 1 aliphatic heterocycles. The molecule has 0 spiro atoms. The zero-order valence-electron chi connectivity index (χ0n) is 8.39. The summed E-state index contributed by atoms with van der Waals surface area (Å²) >= 11 is 0. The molecule has 7 heteroatoms. The number of nitrogens with one attached hydrogen (secondary N) is 2. The zero-order valence-corrected chi connectivity index (χ0v) is 8.39. The van der Waals surface area contributed by atoms with Crippen LogP contribution >= 0.6 is 0 Å². The second-order valence-electron chi connectivity index (χ2n) is 3.62. The third-order valence-electron chi connectivity index (χ3n) is 2.36. The standard InChI is InChI=1S/C8H14N6O/c15-8(5-14-6-10-12-13-14)11-7-2-1-3-9-4-7/h6-7,9H,1-5H2,(H,11,15). The molecule has 1 atom stereocenters. The quantitative estimate of drug-likeness (QED) is 0.637. The van der Waals surface area contributed by atoms with Gasteiger partial charge < -0.3 is 10.6 Å². The Labute approximate surface area is 87.2 Å². The highest BCUT2D eigenvalue weighted by Gasteiger charge is 2.15. The Kier molecular flexibility index (Phi) is 3.23. The number of hydrogen-bond acceptors (Lipinski definition) is 5. The molecule has 1 amide bonds. The van der Waals surface area contributed by atoms with E-state index in [4.69, 9.17) is 0 Å². The number of hydrogen-bond donors (Lipinski definition) is 2. The van der Waals surface area contributed by atoms with Gasteiger partial charge >= 0.3 is 0 Å². The fraction of sp³-hybridized carbons (Fsp3) is 0.750. The SMILES string of the molecule is O=C(Cn1cnnn1)NC1CCCNC1. The van der Waals surface area contributed by atoms with Crippen LogP contribution in [0, 0.1) is 0 Å². The maximum absolute atomic E-state index is 11.5. The first-order valence-electron chi connectivity index (χ1n) is 5.05. The average Bonchev–Trinajstić information content (AvgIpc) is 2.71. The third-order valence-corrected chi connectivity index (χ3v) is 2.36. The minimum absolute atomic E-state index is 0.0454. The van der Waals surface area contributed by atoms with Crippen LogP contribution < -0.4 is 10.6 Å². The van der Waals surface area contributed by atoms with Crippen LogP contribution in [0.5, 0.6) is 0 Å². The number of aromatic nitrogens is 4. The van der Waals surface area contributed by atoms with E-state index in [9.17, 15) is 4.79 Å². The normalized spacial score (nSPS) is 21.2. The number of rotatable bonds is 3. The molecule has 1 fully saturated rings. The van der Waals surface area contributed by atoms with E-state index >= 15 is 0 Å². The highest BCUT2D eigenvalue weighted by molar-refractivity contribution is 5.75. The molecule has 0 bridgehead atoms. The summed E-state index contributed by atoms with van der Waals surface area (Å²) in [5, 5.41) is 16.7. The predicted molar refractivity (Wildman–Crippen MR) is 51.9 cm³/mol. The first-order valence-corrected chi connectivity index (χ1v) is 5.05. The highest BCUT2D eigenvalue weighted by atomic mass is 16.2. The molecule has 7 nitrogen and oxygen atoms in total. The van der Waals surface area contributed by atoms with Gasteiger partial charge in [-0.25, -0.2) is 4.68 Å². The zero-order chi connectivity index (χ0) is 10.5. The fourth-order valence-corrected chi connectivity index (χ4v) is 1.65. The molecule has 82 valence electrons. The van der Waals surface area contributed by atoms with Crippen molar-refractivity contribution in [3.8, 4) is 0 Å². The molecule has 1 saturated heterocycles. The van der Waals surface area contributed by atoms with E-state index < -0.39 is 0 Å². The van der Waals surface area contributed by atoms with E-state index in [-0.39, 0.29) is 18.5 Å². The number of piperidine rings is 1. The van der Waals surface area contributed by atoms with Gasteiger partial charge in [-0.15, -0.1) is 5.10 Å². The van der Waals surface area contributed by atoms with Crippen molar-refractivity contribution in [1.82, 2.24) is 30.8 Å². The molecule has 0 saturated carbocycles. The van der Waals surface area contributed by atoms with Gasteiger partial charge in [0.1, 0.15) is 12.9 Å². The molecule has 0 aliphatic carbocycles. The Morgan fingerprint density at radius 2 is 2.60 bits per heavy atom. The summed E-state index contributed by atoms with van der Waals surface area (Å²) in [5.41, 5.74) is 0. The Morgan fingerprint density at radius 1 is 1.67 bits per heavy atom. The van der Waals surface area contributed by atoms with Gasteiger partial charge in [0.15, 0.2) is 0 Å². The first kappa shape index (κ1) is 10.0. The summed E-state index contributed by atoms with van der Waals surface area (Å²) in [6, 6.07) is 0.239. The van der Waals surface area contributed by atoms with Crippen molar-refractivity contribution < 1.29 is 4.79 Å². The number of tetrazole rings is 1. The summed E-state index contributed by atoms with van der Waals surface area (Å²) in [6.45, 7) is 2.07. The van der Waals surface area contributed by atoms with Crippen LogP contribution in [-0.4, -0.2) is 45.2 Å². The van der Waals surface area contributed by atoms with E-state index in [0.717, 1.165) is 25.9 Å². The smallest absolute Gasteiger partial charge is 0.242 e. The molecule has 0 radical (unpaired) electrons. The van der Waals surface area contributed by atoms with Crippen LogP contribution in [0.4, 0.5) is 0 Å². The van der Waals surface area contributed by atoms with Crippen molar-refractivity contribution in [3.63, 3.8) is 0 Å². The van der Waals surface area contributed by atoms with Crippen LogP contribution in [0.25, 0.3) is 0 Å². The number of carbonyl (C=O) groups is 1. The number of amides is 1. The molecule has 1 unspecified atom stereocenters. The predicted octanol–water partition coefficient (Wildman–Crippen LogP) is -1.46. The van der Waals surface area contributed by atoms with Crippen LogP contribution in [0.3, 0.4) is 0 Å². The average molecular weight is 210 g/mol. The van der Waals surface area contributed by atoms with E-state index in [1.807, 2.05) is 0 Å². The molecule has 2 N–H and O–H groups in total. The lowest BCUT2D eigenvalue weighted by Gasteiger charge is -2.23. The van der Waals surface area contributed by atoms with Crippen molar-refractivity contribution in [2.24, 2.45) is 0 Å². The lowest BCUT2D eigenvalue weighted by molar-refractivity contribution is -0.122. The summed E-state index contributed by atoms with van der Waals surface area (Å²) in [5.74, 6) is -0.0454. The summed E-state index contributed by atoms with van der Waals surface area (Å²) in [7, 11) is 0. The molecular weight excluding hydrogens is 196 g/mol. The molecule has 1 aromatic heterocycles. The first-order chi connectivity index (χ1) is 7.34. The topological polar surface area (TPSA) is 84.7 Å². The molecular formula is C8H14N6O. The van der Waals surface area contributed by atoms with E-state index in [0.29, 0.717) is 0 Å². The van der Waals surface area contributed by atoms with E-state index in [1.54, 1.807) is 0 Å². The van der Waals surface area contributed by atoms with Gasteiger partial charge in [-0.2, -0.15) is 0 Å². The van der Waals surface area contributed by atoms with Gasteiger partial charge in [0.2, 0.25) is 5.91 Å². The maximum Gasteiger partial charge on any atom is 0.242 e. The third kappa shape index (κ3) is 2.98. The van der Waals surface area contributed by atoms with Gasteiger partial charge in [-0.3, -0.25) is 4.79 Å². The minimum Gasteiger partial charge on any atom is -0.350 e. The maximum atomic E-state index is 11.5. The van der Waals surface area contributed by atoms with Crippen LogP contribution in [0.1, 0.15) is 12.8 Å². The summed E-state index contributed by atoms with van der Waals surface area (Å²) in [4.78, 5) is 11.5. The van der Waals surface area contributed by atoms with Crippen molar-refractivity contribution in [1.29, 1.82) is 0 Å². The van der Waals surface area contributed by atoms with Crippen molar-refractivity contribution in [2.45, 2.75) is 25.4 Å². The van der Waals surface area contributed by atoms with E-state index in [1.165, 1.54) is 11.0 Å². The second-order valence-corrected chi connectivity index (χ2v) is 3.62. The summed E-state index contributed by atoms with van der Waals surface area (Å²) in [6.07, 6.45) is 3.57. The van der Waals surface area contributed by atoms with Crippen LogP contribution in [0.2, 0.25) is 0 Å². The van der Waals surface area contributed by atoms with Crippen molar-refractivity contribution in [3.05, 3.63) is 6.33 Å². The fourth-order valence-electron chi connectivity index (χ4n) is 1.65. The van der Waals surface area contributed by atoms with E-state index in [2.05, 4.69) is 26.2 Å². The van der Waals surface area contributed by atoms with Crippen LogP contribution in [-0.2, 0) is 11.3 Å². The van der Waals surface area contributed by atoms with Gasteiger partial charge in [0, 0.05) is 12.6 Å². The molecule has 0 aromatic carbocycles. The lowest BCUT2D eigenvalue weighted by atomic mass is 10.1. The van der Waals surface area contributed by atoms with Crippen molar-refractivity contribution >= 4 is 5.91 Å². The highest BCUT2D eigenvalue weighted by Crippen LogP contribution is 2.00. The van der Waals surface area contributed by atoms with Crippen LogP contribution in [0.15, 0.2) is 6.33 Å². The molecule has 1 aliphatic rings. The molecule has 2 heterocycles. The second kappa shape index (κ2) is 4.83. The molecule has 1 aromatic rings. The number of nitrogens with zero attached hydrogens (tertiary/aromatic N) is 4. The lowest BCUT2D eigenvalue weighted by Crippen LogP contribution is -2.46. The summed E-state index contributed by atoms with van der Waals surface area (Å²) < 4.78 is 1.41. The van der Waals surface area contributed by atoms with Gasteiger partial charge in [-0.05, 0) is 29.8 Å². The van der Waals surface area contributed by atoms with Crippen molar-refractivity contribution in [2.75, 3.05) is 13.1 Å². The largest absolute Gasteiger partial charge is 0.350 e. The van der Waals surface area contributed by atoms with Gasteiger partial charge in [0.25, 0.3) is 0 Å². The van der Waals surface area contributed by atoms with Gasteiger partial charge in [-0.1, -0.05) is 0 Å². The van der Waals surface area contributed by atoms with Gasteiger partial charge in [0.05, 0.1) is 0 Å².